The van der Waals surface area contributed by atoms with Crippen molar-refractivity contribution in [1.82, 2.24) is 0 Å². The molecular formula is C23H32O8S. The zero-order valence-corrected chi connectivity index (χ0v) is 18.9. The van der Waals surface area contributed by atoms with Gasteiger partial charge >= 0.3 is 0 Å². The van der Waals surface area contributed by atoms with E-state index in [4.69, 9.17) is 9.84 Å². The predicted octanol–water partition coefficient (Wildman–Crippen LogP) is 1.14. The molecule has 0 spiro atoms. The molecule has 0 saturated heterocycles. The first-order valence-electron chi connectivity index (χ1n) is 10.6. The molecule has 0 aliphatic heterocycles. The first-order valence-corrected chi connectivity index (χ1v) is 12.5. The monoisotopic (exact) mass is 468 g/mol. The van der Waals surface area contributed by atoms with Crippen molar-refractivity contribution in [3.63, 3.8) is 0 Å². The summed E-state index contributed by atoms with van der Waals surface area (Å²) in [6.45, 7) is 0.283. The van der Waals surface area contributed by atoms with Crippen LogP contribution in [0.15, 0.2) is 53.5 Å². The van der Waals surface area contributed by atoms with E-state index in [1.165, 1.54) is 12.2 Å². The summed E-state index contributed by atoms with van der Waals surface area (Å²) in [5.74, 6) is -1.54. The fraction of sp³-hybridized carbons (Fsp3) is 0.522. The molecule has 1 aromatic rings. The van der Waals surface area contributed by atoms with Gasteiger partial charge < -0.3 is 25.2 Å². The Bertz CT molecular complexity index is 909. The summed E-state index contributed by atoms with van der Waals surface area (Å²) in [7, 11) is -3.89. The minimum atomic E-state index is -3.89. The molecule has 0 radical (unpaired) electrons. The van der Waals surface area contributed by atoms with Crippen LogP contribution in [0, 0.1) is 5.92 Å². The van der Waals surface area contributed by atoms with Crippen molar-refractivity contribution in [2.75, 3.05) is 19.5 Å². The number of hydrogen-bond acceptors (Lipinski definition) is 8. The Morgan fingerprint density at radius 3 is 2.44 bits per heavy atom. The zero-order valence-electron chi connectivity index (χ0n) is 18.1. The van der Waals surface area contributed by atoms with Crippen molar-refractivity contribution < 1.29 is 38.4 Å². The maximum Gasteiger partial charge on any atom is 0.183 e. The number of aliphatic hydroxyl groups excluding tert-OH is 3. The average molecular weight is 469 g/mol. The molecule has 1 aliphatic carbocycles. The molecule has 0 saturated carbocycles. The molecule has 32 heavy (non-hydrogen) atoms. The van der Waals surface area contributed by atoms with Crippen LogP contribution in [0.3, 0.4) is 0 Å². The van der Waals surface area contributed by atoms with Gasteiger partial charge in [-0.1, -0.05) is 30.4 Å². The highest BCUT2D eigenvalue weighted by molar-refractivity contribution is 7.95. The number of ether oxygens (including phenoxy) is 1. The van der Waals surface area contributed by atoms with Crippen LogP contribution in [0.2, 0.25) is 0 Å². The summed E-state index contributed by atoms with van der Waals surface area (Å²) in [6.07, 6.45) is 3.59. The quantitative estimate of drug-likeness (QED) is 0.249. The predicted molar refractivity (Wildman–Crippen MR) is 120 cm³/mol. The van der Waals surface area contributed by atoms with Gasteiger partial charge in [-0.05, 0) is 50.3 Å². The summed E-state index contributed by atoms with van der Waals surface area (Å²) in [5.41, 5.74) is -1.85. The molecule has 1 aromatic carbocycles. The van der Waals surface area contributed by atoms with Crippen molar-refractivity contribution in [2.45, 2.75) is 49.9 Å². The summed E-state index contributed by atoms with van der Waals surface area (Å²) >= 11 is 0. The van der Waals surface area contributed by atoms with Gasteiger partial charge in [0.05, 0.1) is 30.3 Å². The maximum absolute atomic E-state index is 12.8. The maximum atomic E-state index is 12.8. The lowest BCUT2D eigenvalue weighted by Gasteiger charge is -2.30. The van der Waals surface area contributed by atoms with Crippen LogP contribution in [0.4, 0.5) is 0 Å². The highest BCUT2D eigenvalue weighted by Gasteiger charge is 2.51. The summed E-state index contributed by atoms with van der Waals surface area (Å²) in [4.78, 5) is 12.3. The topological polar surface area (TPSA) is 141 Å². The standard InChI is InChI=1S/C23H32O8S/c1-32(29,30)20-16-23(28,13-5-6-15-31-18-9-3-2-4-10-18)21(22(20)27)19(26)12-11-17(25)8-7-14-24/h2-4,9-12,16-17,19,21,24-26,28H,5-8,13-15H2,1H3/b12-11+. The van der Waals surface area contributed by atoms with E-state index in [0.717, 1.165) is 12.3 Å². The van der Waals surface area contributed by atoms with Gasteiger partial charge in [0, 0.05) is 12.9 Å². The lowest BCUT2D eigenvalue weighted by atomic mass is 9.81. The molecule has 4 atom stereocenters. The Balaban J connectivity index is 2.07. The summed E-state index contributed by atoms with van der Waals surface area (Å²) < 4.78 is 29.7. The highest BCUT2D eigenvalue weighted by atomic mass is 32.2. The largest absolute Gasteiger partial charge is 0.494 e. The van der Waals surface area contributed by atoms with Crippen molar-refractivity contribution in [1.29, 1.82) is 0 Å². The number of aliphatic hydroxyl groups is 4. The van der Waals surface area contributed by atoms with Crippen LogP contribution in [0.5, 0.6) is 5.75 Å². The Hall–Kier alpha value is -2.04. The molecule has 4 N–H and O–H groups in total. The van der Waals surface area contributed by atoms with Gasteiger partial charge in [-0.25, -0.2) is 8.42 Å². The summed E-state index contributed by atoms with van der Waals surface area (Å²) in [5, 5.41) is 40.4. The molecule has 9 heteroatoms. The molecule has 1 aliphatic rings. The van der Waals surface area contributed by atoms with Crippen LogP contribution in [0.25, 0.3) is 0 Å². The normalized spacial score (nSPS) is 23.3. The Morgan fingerprint density at radius 1 is 1.12 bits per heavy atom. The van der Waals surface area contributed by atoms with Gasteiger partial charge in [0.15, 0.2) is 15.6 Å². The lowest BCUT2D eigenvalue weighted by molar-refractivity contribution is -0.127. The first-order chi connectivity index (χ1) is 15.1. The highest BCUT2D eigenvalue weighted by Crippen LogP contribution is 2.39. The number of carbonyl (C=O) groups excluding carboxylic acids is 1. The fourth-order valence-electron chi connectivity index (χ4n) is 3.70. The number of Topliss-reactive ketones (excluding diaryl/α,β-unsaturated/α-hetero) is 1. The van der Waals surface area contributed by atoms with Crippen LogP contribution in [-0.4, -0.2) is 71.9 Å². The van der Waals surface area contributed by atoms with Crippen LogP contribution in [0.1, 0.15) is 32.1 Å². The van der Waals surface area contributed by atoms with Gasteiger partial charge in [0.25, 0.3) is 0 Å². The molecule has 8 nitrogen and oxygen atoms in total. The van der Waals surface area contributed by atoms with E-state index in [2.05, 4.69) is 0 Å². The molecule has 4 unspecified atom stereocenters. The molecule has 0 bridgehead atoms. The molecule has 178 valence electrons. The van der Waals surface area contributed by atoms with Gasteiger partial charge in [-0.2, -0.15) is 0 Å². The third kappa shape index (κ3) is 7.25. The second-order valence-electron chi connectivity index (χ2n) is 8.04. The van der Waals surface area contributed by atoms with Crippen LogP contribution in [-0.2, 0) is 14.6 Å². The van der Waals surface area contributed by atoms with Crippen molar-refractivity contribution in [3.8, 4) is 5.75 Å². The smallest absolute Gasteiger partial charge is 0.183 e. The number of para-hydroxylation sites is 1. The SMILES string of the molecule is CS(=O)(=O)C1=CC(O)(CCCCOc2ccccc2)C(C(O)/C=C/C(O)CCCO)C1=O. The van der Waals surface area contributed by atoms with Gasteiger partial charge in [-0.3, -0.25) is 4.79 Å². The third-order valence-corrected chi connectivity index (χ3v) is 6.48. The van der Waals surface area contributed by atoms with Crippen LogP contribution < -0.4 is 4.74 Å². The van der Waals surface area contributed by atoms with E-state index in [-0.39, 0.29) is 19.4 Å². The number of carbonyl (C=O) groups is 1. The number of hydrogen-bond donors (Lipinski definition) is 4. The second-order valence-corrected chi connectivity index (χ2v) is 10.0. The summed E-state index contributed by atoms with van der Waals surface area (Å²) in [6, 6.07) is 9.20. The second kappa shape index (κ2) is 11.7. The van der Waals surface area contributed by atoms with Crippen molar-refractivity contribution in [3.05, 3.63) is 53.5 Å². The molecule has 0 aromatic heterocycles. The Morgan fingerprint density at radius 2 is 1.81 bits per heavy atom. The Labute approximate surface area is 188 Å². The zero-order chi connectivity index (χ0) is 23.8. The number of ketones is 1. The minimum Gasteiger partial charge on any atom is -0.494 e. The molecule has 0 fully saturated rings. The number of benzene rings is 1. The van der Waals surface area contributed by atoms with E-state index in [9.17, 15) is 28.5 Å². The molecule has 0 heterocycles. The van der Waals surface area contributed by atoms with Gasteiger partial charge in [-0.15, -0.1) is 0 Å². The van der Waals surface area contributed by atoms with E-state index in [0.29, 0.717) is 31.6 Å². The van der Waals surface area contributed by atoms with E-state index in [1.54, 1.807) is 0 Å². The third-order valence-electron chi connectivity index (χ3n) is 5.36. The first kappa shape index (κ1) is 26.2. The lowest BCUT2D eigenvalue weighted by Crippen LogP contribution is -2.43. The minimum absolute atomic E-state index is 0.0541. The number of unbranched alkanes of at least 4 members (excludes halogenated alkanes) is 1. The van der Waals surface area contributed by atoms with Crippen molar-refractivity contribution >= 4 is 15.6 Å². The Kier molecular flexibility index (Phi) is 9.60. The number of rotatable bonds is 13. The molecule has 2 rings (SSSR count). The molecule has 0 amide bonds. The van der Waals surface area contributed by atoms with E-state index < -0.39 is 44.3 Å². The fourth-order valence-corrected chi connectivity index (χ4v) is 4.61. The molecular weight excluding hydrogens is 436 g/mol. The van der Waals surface area contributed by atoms with Crippen molar-refractivity contribution in [2.24, 2.45) is 5.92 Å². The average Bonchev–Trinajstić information content (AvgIpc) is 3.02. The van der Waals surface area contributed by atoms with Gasteiger partial charge in [0.1, 0.15) is 10.7 Å². The number of allylic oxidation sites excluding steroid dienone is 1. The van der Waals surface area contributed by atoms with Crippen LogP contribution >= 0.6 is 0 Å². The van der Waals surface area contributed by atoms with E-state index >= 15 is 0 Å². The number of sulfone groups is 1. The van der Waals surface area contributed by atoms with Gasteiger partial charge in [0.2, 0.25) is 0 Å². The van der Waals surface area contributed by atoms with E-state index in [1.807, 2.05) is 30.3 Å².